The van der Waals surface area contributed by atoms with Gasteiger partial charge in [0.15, 0.2) is 11.5 Å². The van der Waals surface area contributed by atoms with Gasteiger partial charge in [0.05, 0.1) is 24.7 Å². The Bertz CT molecular complexity index is 997. The van der Waals surface area contributed by atoms with E-state index in [-0.39, 0.29) is 17.6 Å². The van der Waals surface area contributed by atoms with Crippen molar-refractivity contribution in [3.8, 4) is 11.5 Å². The minimum atomic E-state index is -0.438. The van der Waals surface area contributed by atoms with Gasteiger partial charge >= 0.3 is 0 Å². The lowest BCUT2D eigenvalue weighted by atomic mass is 9.85. The molecule has 0 bridgehead atoms. The number of carbonyl (C=O) groups excluding carboxylic acids is 1. The second-order valence-electron chi connectivity index (χ2n) is 7.23. The van der Waals surface area contributed by atoms with Crippen LogP contribution in [0.1, 0.15) is 30.4 Å². The monoisotopic (exact) mass is 394 g/mol. The van der Waals surface area contributed by atoms with Crippen LogP contribution in [0.4, 0.5) is 5.69 Å². The molecule has 1 fully saturated rings. The van der Waals surface area contributed by atoms with E-state index in [9.17, 15) is 14.9 Å². The SMILES string of the molecule is COc1ccc(C2=C(c3ccc([N+](=O)[O-])cc3)C(=O)N3CCC[C@@H]3C2)cc1OC. The van der Waals surface area contributed by atoms with Crippen LogP contribution in [0.3, 0.4) is 0 Å². The third kappa shape index (κ3) is 3.33. The number of carbonyl (C=O) groups is 1. The van der Waals surface area contributed by atoms with E-state index in [2.05, 4.69) is 0 Å². The van der Waals surface area contributed by atoms with E-state index >= 15 is 0 Å². The van der Waals surface area contributed by atoms with Gasteiger partial charge in [0.25, 0.3) is 11.6 Å². The number of fused-ring (bicyclic) bond motifs is 1. The summed E-state index contributed by atoms with van der Waals surface area (Å²) in [5, 5.41) is 11.0. The lowest BCUT2D eigenvalue weighted by Gasteiger charge is -2.33. The molecule has 7 heteroatoms. The molecule has 0 saturated carbocycles. The zero-order chi connectivity index (χ0) is 20.5. The molecule has 2 aromatic rings. The number of benzene rings is 2. The van der Waals surface area contributed by atoms with Crippen LogP contribution in [-0.2, 0) is 4.79 Å². The summed E-state index contributed by atoms with van der Waals surface area (Å²) < 4.78 is 10.8. The summed E-state index contributed by atoms with van der Waals surface area (Å²) in [6.45, 7) is 0.749. The zero-order valence-corrected chi connectivity index (χ0v) is 16.4. The molecule has 0 unspecified atom stereocenters. The topological polar surface area (TPSA) is 81.9 Å². The molecule has 2 aromatic carbocycles. The maximum Gasteiger partial charge on any atom is 0.269 e. The minimum Gasteiger partial charge on any atom is -0.493 e. The minimum absolute atomic E-state index is 0.00400. The summed E-state index contributed by atoms with van der Waals surface area (Å²) >= 11 is 0. The Kier molecular flexibility index (Phi) is 4.96. The Balaban J connectivity index is 1.87. The molecule has 7 nitrogen and oxygen atoms in total. The molecule has 4 rings (SSSR count). The van der Waals surface area contributed by atoms with Crippen molar-refractivity contribution in [1.29, 1.82) is 0 Å². The van der Waals surface area contributed by atoms with E-state index in [0.717, 1.165) is 36.9 Å². The predicted octanol–water partition coefficient (Wildman–Crippen LogP) is 3.92. The van der Waals surface area contributed by atoms with Crippen LogP contribution in [0, 0.1) is 10.1 Å². The van der Waals surface area contributed by atoms with Gasteiger partial charge in [0, 0.05) is 24.7 Å². The quantitative estimate of drug-likeness (QED) is 0.567. The number of hydrogen-bond donors (Lipinski definition) is 0. The summed E-state index contributed by atoms with van der Waals surface area (Å²) in [4.78, 5) is 25.9. The molecule has 0 N–H and O–H groups in total. The molecule has 150 valence electrons. The molecule has 1 amide bonds. The van der Waals surface area contributed by atoms with Gasteiger partial charge in [-0.15, -0.1) is 0 Å². The third-order valence-corrected chi connectivity index (χ3v) is 5.69. The molecule has 29 heavy (non-hydrogen) atoms. The van der Waals surface area contributed by atoms with Crippen molar-refractivity contribution >= 4 is 22.7 Å². The summed E-state index contributed by atoms with van der Waals surface area (Å²) in [6, 6.07) is 12.0. The maximum absolute atomic E-state index is 13.4. The first-order valence-corrected chi connectivity index (χ1v) is 9.55. The molecular formula is C22H22N2O5. The van der Waals surface area contributed by atoms with Crippen LogP contribution in [-0.4, -0.2) is 42.5 Å². The molecule has 1 saturated heterocycles. The van der Waals surface area contributed by atoms with E-state index in [4.69, 9.17) is 9.47 Å². The van der Waals surface area contributed by atoms with Gasteiger partial charge < -0.3 is 14.4 Å². The first-order valence-electron chi connectivity index (χ1n) is 9.55. The van der Waals surface area contributed by atoms with Crippen LogP contribution < -0.4 is 9.47 Å². The second kappa shape index (κ2) is 7.58. The van der Waals surface area contributed by atoms with Crippen molar-refractivity contribution < 1.29 is 19.2 Å². The van der Waals surface area contributed by atoms with Crippen LogP contribution in [0.2, 0.25) is 0 Å². The van der Waals surface area contributed by atoms with E-state index in [0.29, 0.717) is 22.6 Å². The lowest BCUT2D eigenvalue weighted by Crippen LogP contribution is -2.39. The average molecular weight is 394 g/mol. The highest BCUT2D eigenvalue weighted by atomic mass is 16.6. The zero-order valence-electron chi connectivity index (χ0n) is 16.4. The normalized spacial score (nSPS) is 18.6. The van der Waals surface area contributed by atoms with Gasteiger partial charge in [-0.2, -0.15) is 0 Å². The first kappa shape index (κ1) is 19.0. The van der Waals surface area contributed by atoms with Crippen LogP contribution in [0.15, 0.2) is 42.5 Å². The molecule has 0 radical (unpaired) electrons. The number of rotatable bonds is 5. The number of non-ortho nitro benzene ring substituents is 1. The number of nitro groups is 1. The van der Waals surface area contributed by atoms with Crippen molar-refractivity contribution in [2.45, 2.75) is 25.3 Å². The molecule has 2 heterocycles. The van der Waals surface area contributed by atoms with Crippen molar-refractivity contribution in [3.05, 3.63) is 63.7 Å². The number of methoxy groups -OCH3 is 2. The van der Waals surface area contributed by atoms with Crippen molar-refractivity contribution in [1.82, 2.24) is 4.90 Å². The fourth-order valence-electron chi connectivity index (χ4n) is 4.26. The Hall–Kier alpha value is -3.35. The fourth-order valence-corrected chi connectivity index (χ4v) is 4.26. The maximum atomic E-state index is 13.4. The molecule has 2 aliphatic heterocycles. The highest BCUT2D eigenvalue weighted by molar-refractivity contribution is 6.28. The molecule has 0 aliphatic carbocycles. The molecular weight excluding hydrogens is 372 g/mol. The highest BCUT2D eigenvalue weighted by Crippen LogP contribution is 2.42. The van der Waals surface area contributed by atoms with Crippen molar-refractivity contribution in [3.63, 3.8) is 0 Å². The van der Waals surface area contributed by atoms with Gasteiger partial charge in [0.2, 0.25) is 0 Å². The van der Waals surface area contributed by atoms with Gasteiger partial charge in [-0.05, 0) is 60.2 Å². The number of amides is 1. The Morgan fingerprint density at radius 3 is 2.38 bits per heavy atom. The average Bonchev–Trinajstić information content (AvgIpc) is 3.22. The Labute approximate surface area is 168 Å². The van der Waals surface area contributed by atoms with Crippen LogP contribution >= 0.6 is 0 Å². The standard InChI is InChI=1S/C22H22N2O5/c1-28-19-10-7-15(12-20(19)29-2)18-13-17-4-3-11-23(17)22(25)21(18)14-5-8-16(9-6-14)24(26)27/h5-10,12,17H,3-4,11,13H2,1-2H3/t17-/m1/s1. The third-order valence-electron chi connectivity index (χ3n) is 5.69. The van der Waals surface area contributed by atoms with E-state index in [1.165, 1.54) is 12.1 Å². The largest absolute Gasteiger partial charge is 0.493 e. The highest BCUT2D eigenvalue weighted by Gasteiger charge is 2.38. The van der Waals surface area contributed by atoms with Gasteiger partial charge in [-0.25, -0.2) is 0 Å². The summed E-state index contributed by atoms with van der Waals surface area (Å²) in [6.07, 6.45) is 2.72. The van der Waals surface area contributed by atoms with E-state index in [1.807, 2.05) is 23.1 Å². The molecule has 1 atom stereocenters. The van der Waals surface area contributed by atoms with E-state index in [1.54, 1.807) is 26.4 Å². The number of hydrogen-bond acceptors (Lipinski definition) is 5. The Morgan fingerprint density at radius 2 is 1.72 bits per heavy atom. The van der Waals surface area contributed by atoms with Crippen LogP contribution in [0.5, 0.6) is 11.5 Å². The summed E-state index contributed by atoms with van der Waals surface area (Å²) in [5.74, 6) is 1.21. The van der Waals surface area contributed by atoms with E-state index < -0.39 is 4.92 Å². The molecule has 0 aromatic heterocycles. The smallest absolute Gasteiger partial charge is 0.269 e. The predicted molar refractivity (Wildman–Crippen MR) is 109 cm³/mol. The molecule has 0 spiro atoms. The summed E-state index contributed by atoms with van der Waals surface area (Å²) in [5.41, 5.74) is 3.13. The molecule has 2 aliphatic rings. The van der Waals surface area contributed by atoms with Gasteiger partial charge in [0.1, 0.15) is 0 Å². The van der Waals surface area contributed by atoms with Gasteiger partial charge in [-0.3, -0.25) is 14.9 Å². The van der Waals surface area contributed by atoms with Crippen molar-refractivity contribution in [2.75, 3.05) is 20.8 Å². The van der Waals surface area contributed by atoms with Gasteiger partial charge in [-0.1, -0.05) is 6.07 Å². The first-order chi connectivity index (χ1) is 14.0. The summed E-state index contributed by atoms with van der Waals surface area (Å²) in [7, 11) is 3.16. The number of nitrogens with zero attached hydrogens (tertiary/aromatic N) is 2. The Morgan fingerprint density at radius 1 is 1.03 bits per heavy atom. The number of ether oxygens (including phenoxy) is 2. The number of nitro benzene ring substituents is 1. The van der Waals surface area contributed by atoms with Crippen molar-refractivity contribution in [2.24, 2.45) is 0 Å². The fraction of sp³-hybridized carbons (Fsp3) is 0.318. The second-order valence-corrected chi connectivity index (χ2v) is 7.23. The van der Waals surface area contributed by atoms with Crippen LogP contribution in [0.25, 0.3) is 11.1 Å². The lowest BCUT2D eigenvalue weighted by molar-refractivity contribution is -0.384.